The average molecular weight is 323 g/mol. The Labute approximate surface area is 132 Å². The van der Waals surface area contributed by atoms with Crippen LogP contribution in [-0.4, -0.2) is 13.1 Å². The number of carbonyl (C=O) groups excluding carboxylic acids is 1. The van der Waals surface area contributed by atoms with E-state index in [9.17, 15) is 18.0 Å². The second-order valence-corrected chi connectivity index (χ2v) is 5.07. The van der Waals surface area contributed by atoms with E-state index in [1.807, 2.05) is 0 Å². The molecule has 0 saturated heterocycles. The normalized spacial score (nSPS) is 11.2. The summed E-state index contributed by atoms with van der Waals surface area (Å²) in [6, 6.07) is 10.3. The van der Waals surface area contributed by atoms with Crippen molar-refractivity contribution in [3.8, 4) is 0 Å². The summed E-state index contributed by atoms with van der Waals surface area (Å²) >= 11 is 0. The van der Waals surface area contributed by atoms with Crippen molar-refractivity contribution < 1.29 is 22.7 Å². The molecule has 2 aromatic carbocycles. The molecule has 3 nitrogen and oxygen atoms in total. The third kappa shape index (κ3) is 4.25. The van der Waals surface area contributed by atoms with Crippen LogP contribution in [0.5, 0.6) is 0 Å². The Morgan fingerprint density at radius 1 is 1.17 bits per heavy atom. The SMILES string of the molecule is COC(=O)c1cccc(CNc2cc(C(F)(F)F)ccc2C)c1. The molecule has 0 amide bonds. The summed E-state index contributed by atoms with van der Waals surface area (Å²) in [5, 5.41) is 2.97. The molecule has 0 radical (unpaired) electrons. The highest BCUT2D eigenvalue weighted by Crippen LogP contribution is 2.32. The highest BCUT2D eigenvalue weighted by atomic mass is 19.4. The third-order valence-electron chi connectivity index (χ3n) is 3.40. The quantitative estimate of drug-likeness (QED) is 0.847. The first-order valence-electron chi connectivity index (χ1n) is 6.90. The van der Waals surface area contributed by atoms with Gasteiger partial charge in [0.2, 0.25) is 0 Å². The molecule has 0 aliphatic heterocycles. The summed E-state index contributed by atoms with van der Waals surface area (Å²) in [6.07, 6.45) is -4.38. The Kier molecular flexibility index (Phi) is 4.93. The van der Waals surface area contributed by atoms with E-state index in [-0.39, 0.29) is 0 Å². The number of ether oxygens (including phenoxy) is 1. The van der Waals surface area contributed by atoms with Crippen LogP contribution < -0.4 is 5.32 Å². The predicted molar refractivity (Wildman–Crippen MR) is 81.3 cm³/mol. The minimum absolute atomic E-state index is 0.299. The largest absolute Gasteiger partial charge is 0.465 e. The second kappa shape index (κ2) is 6.73. The minimum Gasteiger partial charge on any atom is -0.465 e. The highest BCUT2D eigenvalue weighted by molar-refractivity contribution is 5.89. The zero-order valence-corrected chi connectivity index (χ0v) is 12.7. The van der Waals surface area contributed by atoms with Crippen LogP contribution in [0.2, 0.25) is 0 Å². The number of methoxy groups -OCH3 is 1. The molecule has 122 valence electrons. The van der Waals surface area contributed by atoms with Crippen molar-refractivity contribution >= 4 is 11.7 Å². The van der Waals surface area contributed by atoms with Gasteiger partial charge in [0.15, 0.2) is 0 Å². The molecular formula is C17H16F3NO2. The van der Waals surface area contributed by atoms with Gasteiger partial charge >= 0.3 is 12.1 Å². The average Bonchev–Trinajstić information content (AvgIpc) is 2.52. The fourth-order valence-corrected chi connectivity index (χ4v) is 2.11. The summed E-state index contributed by atoms with van der Waals surface area (Å²) in [6.45, 7) is 2.03. The number of hydrogen-bond donors (Lipinski definition) is 1. The summed E-state index contributed by atoms with van der Waals surface area (Å²) in [4.78, 5) is 11.5. The van der Waals surface area contributed by atoms with E-state index < -0.39 is 17.7 Å². The van der Waals surface area contributed by atoms with Gasteiger partial charge in [-0.05, 0) is 42.3 Å². The summed E-state index contributed by atoms with van der Waals surface area (Å²) in [7, 11) is 1.29. The van der Waals surface area contributed by atoms with E-state index in [1.54, 1.807) is 31.2 Å². The maximum atomic E-state index is 12.8. The molecule has 0 spiro atoms. The Hall–Kier alpha value is -2.50. The number of benzene rings is 2. The van der Waals surface area contributed by atoms with E-state index in [0.717, 1.165) is 17.7 Å². The number of carbonyl (C=O) groups is 1. The van der Waals surface area contributed by atoms with Crippen molar-refractivity contribution in [2.75, 3.05) is 12.4 Å². The van der Waals surface area contributed by atoms with Crippen molar-refractivity contribution in [1.82, 2.24) is 0 Å². The number of rotatable bonds is 4. The molecule has 0 bridgehead atoms. The predicted octanol–water partition coefficient (Wildman–Crippen LogP) is 4.41. The maximum Gasteiger partial charge on any atom is 0.416 e. The van der Waals surface area contributed by atoms with E-state index in [4.69, 9.17) is 0 Å². The van der Waals surface area contributed by atoms with Crippen LogP contribution in [0.3, 0.4) is 0 Å². The number of alkyl halides is 3. The van der Waals surface area contributed by atoms with Crippen LogP contribution in [0.25, 0.3) is 0 Å². The Bertz CT molecular complexity index is 711. The molecule has 2 rings (SSSR count). The molecule has 0 unspecified atom stereocenters. The topological polar surface area (TPSA) is 38.3 Å². The number of aryl methyl sites for hydroxylation is 1. The van der Waals surface area contributed by atoms with Crippen molar-refractivity contribution in [2.24, 2.45) is 0 Å². The summed E-state index contributed by atoms with van der Waals surface area (Å²) in [5.74, 6) is -0.456. The van der Waals surface area contributed by atoms with Crippen LogP contribution >= 0.6 is 0 Å². The maximum absolute atomic E-state index is 12.8. The summed E-state index contributed by atoms with van der Waals surface area (Å²) in [5.41, 5.74) is 1.58. The fourth-order valence-electron chi connectivity index (χ4n) is 2.11. The monoisotopic (exact) mass is 323 g/mol. The van der Waals surface area contributed by atoms with Crippen LogP contribution in [-0.2, 0) is 17.5 Å². The zero-order valence-electron chi connectivity index (χ0n) is 12.7. The van der Waals surface area contributed by atoms with Gasteiger partial charge in [-0.15, -0.1) is 0 Å². The molecule has 0 fully saturated rings. The van der Waals surface area contributed by atoms with Gasteiger partial charge in [-0.1, -0.05) is 18.2 Å². The molecular weight excluding hydrogens is 307 g/mol. The van der Waals surface area contributed by atoms with Gasteiger partial charge in [-0.25, -0.2) is 4.79 Å². The smallest absolute Gasteiger partial charge is 0.416 e. The number of esters is 1. The first kappa shape index (κ1) is 16.9. The number of halogens is 3. The highest BCUT2D eigenvalue weighted by Gasteiger charge is 2.30. The van der Waals surface area contributed by atoms with Crippen LogP contribution in [0.4, 0.5) is 18.9 Å². The lowest BCUT2D eigenvalue weighted by molar-refractivity contribution is -0.137. The fraction of sp³-hybridized carbons (Fsp3) is 0.235. The van der Waals surface area contributed by atoms with Gasteiger partial charge in [-0.2, -0.15) is 13.2 Å². The molecule has 6 heteroatoms. The molecule has 0 heterocycles. The number of nitrogens with one attached hydrogen (secondary N) is 1. The molecule has 2 aromatic rings. The molecule has 1 N–H and O–H groups in total. The second-order valence-electron chi connectivity index (χ2n) is 5.07. The summed E-state index contributed by atoms with van der Waals surface area (Å²) < 4.78 is 42.9. The van der Waals surface area contributed by atoms with E-state index >= 15 is 0 Å². The van der Waals surface area contributed by atoms with Gasteiger partial charge in [0.25, 0.3) is 0 Å². The van der Waals surface area contributed by atoms with Gasteiger partial charge in [0.05, 0.1) is 18.2 Å². The first-order chi connectivity index (χ1) is 10.8. The third-order valence-corrected chi connectivity index (χ3v) is 3.40. The Balaban J connectivity index is 2.16. The lowest BCUT2D eigenvalue weighted by atomic mass is 10.1. The zero-order chi connectivity index (χ0) is 17.0. The Morgan fingerprint density at radius 3 is 2.57 bits per heavy atom. The van der Waals surface area contributed by atoms with Crippen molar-refractivity contribution in [1.29, 1.82) is 0 Å². The lowest BCUT2D eigenvalue weighted by Gasteiger charge is -2.13. The minimum atomic E-state index is -4.38. The van der Waals surface area contributed by atoms with Gasteiger partial charge in [-0.3, -0.25) is 0 Å². The van der Waals surface area contributed by atoms with Crippen LogP contribution in [0.15, 0.2) is 42.5 Å². The van der Waals surface area contributed by atoms with E-state index in [0.29, 0.717) is 23.4 Å². The van der Waals surface area contributed by atoms with Gasteiger partial charge in [0.1, 0.15) is 0 Å². The molecule has 23 heavy (non-hydrogen) atoms. The van der Waals surface area contributed by atoms with E-state index in [1.165, 1.54) is 13.2 Å². The molecule has 0 aromatic heterocycles. The number of hydrogen-bond acceptors (Lipinski definition) is 3. The molecule has 0 aliphatic rings. The molecule has 0 aliphatic carbocycles. The van der Waals surface area contributed by atoms with Crippen LogP contribution in [0.1, 0.15) is 27.0 Å². The Morgan fingerprint density at radius 2 is 1.91 bits per heavy atom. The van der Waals surface area contributed by atoms with Gasteiger partial charge in [0, 0.05) is 12.2 Å². The lowest BCUT2D eigenvalue weighted by Crippen LogP contribution is -2.08. The van der Waals surface area contributed by atoms with Crippen molar-refractivity contribution in [2.45, 2.75) is 19.6 Å². The van der Waals surface area contributed by atoms with Crippen molar-refractivity contribution in [3.05, 3.63) is 64.7 Å². The van der Waals surface area contributed by atoms with Crippen LogP contribution in [0, 0.1) is 6.92 Å². The molecule has 0 saturated carbocycles. The standard InChI is InChI=1S/C17H16F3NO2/c1-11-6-7-14(17(18,19)20)9-15(11)21-10-12-4-3-5-13(8-12)16(22)23-2/h3-9,21H,10H2,1-2H3. The van der Waals surface area contributed by atoms with Crippen molar-refractivity contribution in [3.63, 3.8) is 0 Å². The molecule has 0 atom stereocenters. The van der Waals surface area contributed by atoms with E-state index in [2.05, 4.69) is 10.1 Å². The first-order valence-corrected chi connectivity index (χ1v) is 6.90. The van der Waals surface area contributed by atoms with Gasteiger partial charge < -0.3 is 10.1 Å². The number of anilines is 1.